The van der Waals surface area contributed by atoms with E-state index in [1.807, 2.05) is 47.5 Å². The van der Waals surface area contributed by atoms with Gasteiger partial charge in [-0.1, -0.05) is 30.3 Å². The smallest absolute Gasteiger partial charge is 0.264 e. The van der Waals surface area contributed by atoms with Crippen LogP contribution in [0.3, 0.4) is 0 Å². The van der Waals surface area contributed by atoms with Crippen LogP contribution in [0.4, 0.5) is 5.69 Å². The Labute approximate surface area is 192 Å². The third kappa shape index (κ3) is 4.15. The second-order valence-electron chi connectivity index (χ2n) is 8.46. The lowest BCUT2D eigenvalue weighted by molar-refractivity contribution is -0.140. The maximum Gasteiger partial charge on any atom is 0.264 e. The van der Waals surface area contributed by atoms with Crippen molar-refractivity contribution in [3.63, 3.8) is 0 Å². The summed E-state index contributed by atoms with van der Waals surface area (Å²) < 4.78 is 6.02. The predicted octanol–water partition coefficient (Wildman–Crippen LogP) is 5.12. The van der Waals surface area contributed by atoms with Crippen molar-refractivity contribution in [2.75, 3.05) is 5.32 Å². The third-order valence-corrected chi connectivity index (χ3v) is 7.12. The zero-order valence-electron chi connectivity index (χ0n) is 18.0. The van der Waals surface area contributed by atoms with Gasteiger partial charge in [0.2, 0.25) is 5.91 Å². The molecule has 1 aliphatic heterocycles. The standard InChI is InChI=1S/C26H26N2O3S/c1-17-26(30)28(23-10-4-7-18-6-2-3-9-22(18)23)16-19-14-20(11-12-24(19)31-17)27-25(29)15-21-8-5-13-32-21/h2-3,5-6,8-9,11-14,17,23H,4,7,10,15-16H2,1H3,(H,27,29). The van der Waals surface area contributed by atoms with Crippen molar-refractivity contribution in [2.45, 2.75) is 51.3 Å². The fourth-order valence-electron chi connectivity index (χ4n) is 4.72. The summed E-state index contributed by atoms with van der Waals surface area (Å²) in [4.78, 5) is 28.8. The Hall–Kier alpha value is -3.12. The van der Waals surface area contributed by atoms with Gasteiger partial charge in [-0.05, 0) is 67.0 Å². The molecule has 6 heteroatoms. The Morgan fingerprint density at radius 1 is 1.16 bits per heavy atom. The second-order valence-corrected chi connectivity index (χ2v) is 9.49. The molecule has 1 aromatic heterocycles. The van der Waals surface area contributed by atoms with E-state index >= 15 is 0 Å². The topological polar surface area (TPSA) is 58.6 Å². The largest absolute Gasteiger partial charge is 0.481 e. The van der Waals surface area contributed by atoms with Gasteiger partial charge in [-0.3, -0.25) is 9.59 Å². The van der Waals surface area contributed by atoms with E-state index < -0.39 is 6.10 Å². The minimum atomic E-state index is -0.551. The molecule has 2 heterocycles. The minimum absolute atomic E-state index is 0.00573. The maximum atomic E-state index is 13.3. The van der Waals surface area contributed by atoms with Crippen LogP contribution in [0.2, 0.25) is 0 Å². The number of anilines is 1. The lowest BCUT2D eigenvalue weighted by atomic mass is 9.86. The summed E-state index contributed by atoms with van der Waals surface area (Å²) in [6.07, 6.45) is 2.86. The van der Waals surface area contributed by atoms with Gasteiger partial charge in [0, 0.05) is 16.1 Å². The van der Waals surface area contributed by atoms with Crippen LogP contribution in [0, 0.1) is 0 Å². The number of nitrogens with zero attached hydrogens (tertiary/aromatic N) is 1. The second kappa shape index (κ2) is 8.79. The van der Waals surface area contributed by atoms with Gasteiger partial charge in [0.1, 0.15) is 5.75 Å². The summed E-state index contributed by atoms with van der Waals surface area (Å²) in [5.41, 5.74) is 4.20. The number of benzene rings is 2. The van der Waals surface area contributed by atoms with E-state index in [-0.39, 0.29) is 17.9 Å². The van der Waals surface area contributed by atoms with Crippen LogP contribution in [0.15, 0.2) is 60.0 Å². The molecule has 0 bridgehead atoms. The highest BCUT2D eigenvalue weighted by Crippen LogP contribution is 2.38. The van der Waals surface area contributed by atoms with Gasteiger partial charge in [-0.15, -0.1) is 11.3 Å². The fourth-order valence-corrected chi connectivity index (χ4v) is 5.43. The SMILES string of the molecule is CC1Oc2ccc(NC(=O)Cc3cccs3)cc2CN(C2CCCc3ccccc32)C1=O. The highest BCUT2D eigenvalue weighted by Gasteiger charge is 2.35. The maximum absolute atomic E-state index is 13.3. The van der Waals surface area contributed by atoms with Gasteiger partial charge in [-0.25, -0.2) is 0 Å². The number of hydrogen-bond donors (Lipinski definition) is 1. The third-order valence-electron chi connectivity index (χ3n) is 6.25. The molecule has 0 radical (unpaired) electrons. The van der Waals surface area contributed by atoms with E-state index in [1.54, 1.807) is 11.3 Å². The van der Waals surface area contributed by atoms with Crippen LogP contribution < -0.4 is 10.1 Å². The Morgan fingerprint density at radius 2 is 2.03 bits per heavy atom. The molecule has 164 valence electrons. The number of hydrogen-bond acceptors (Lipinski definition) is 4. The summed E-state index contributed by atoms with van der Waals surface area (Å²) in [5, 5.41) is 4.96. The number of rotatable bonds is 4. The van der Waals surface area contributed by atoms with E-state index in [4.69, 9.17) is 4.74 Å². The van der Waals surface area contributed by atoms with Crippen molar-refractivity contribution < 1.29 is 14.3 Å². The molecule has 5 rings (SSSR count). The highest BCUT2D eigenvalue weighted by molar-refractivity contribution is 7.10. The van der Waals surface area contributed by atoms with Crippen LogP contribution in [0.25, 0.3) is 0 Å². The van der Waals surface area contributed by atoms with Crippen LogP contribution in [-0.4, -0.2) is 22.8 Å². The number of fused-ring (bicyclic) bond motifs is 2. The van der Waals surface area contributed by atoms with Crippen molar-refractivity contribution in [2.24, 2.45) is 0 Å². The molecular weight excluding hydrogens is 420 g/mol. The van der Waals surface area contributed by atoms with Crippen LogP contribution >= 0.6 is 11.3 Å². The summed E-state index contributed by atoms with van der Waals surface area (Å²) in [6.45, 7) is 2.28. The summed E-state index contributed by atoms with van der Waals surface area (Å²) in [7, 11) is 0. The Kier molecular flexibility index (Phi) is 5.70. The van der Waals surface area contributed by atoms with Crippen LogP contribution in [0.1, 0.15) is 47.4 Å². The Bertz CT molecular complexity index is 1140. The lowest BCUT2D eigenvalue weighted by Gasteiger charge is -2.35. The first-order valence-corrected chi connectivity index (χ1v) is 12.0. The Balaban J connectivity index is 1.41. The molecule has 1 aliphatic carbocycles. The van der Waals surface area contributed by atoms with Gasteiger partial charge >= 0.3 is 0 Å². The molecule has 0 saturated heterocycles. The van der Waals surface area contributed by atoms with Crippen molar-refractivity contribution in [1.29, 1.82) is 0 Å². The van der Waals surface area contributed by atoms with Crippen molar-refractivity contribution in [1.82, 2.24) is 4.90 Å². The predicted molar refractivity (Wildman–Crippen MR) is 126 cm³/mol. The van der Waals surface area contributed by atoms with Gasteiger partial charge < -0.3 is 15.0 Å². The molecule has 0 fully saturated rings. The normalized spacial score (nSPS) is 20.0. The summed E-state index contributed by atoms with van der Waals surface area (Å²) in [6, 6.07) is 18.0. The number of nitrogens with one attached hydrogen (secondary N) is 1. The quantitative estimate of drug-likeness (QED) is 0.605. The Morgan fingerprint density at radius 3 is 2.88 bits per heavy atom. The average molecular weight is 447 g/mol. The molecule has 2 aromatic carbocycles. The first-order valence-electron chi connectivity index (χ1n) is 11.1. The number of carbonyl (C=O) groups is 2. The van der Waals surface area contributed by atoms with Crippen molar-refractivity contribution >= 4 is 28.8 Å². The molecule has 2 atom stereocenters. The minimum Gasteiger partial charge on any atom is -0.481 e. The number of amides is 2. The van der Waals surface area contributed by atoms with E-state index in [0.717, 1.165) is 35.4 Å². The zero-order valence-corrected chi connectivity index (χ0v) is 18.9. The summed E-state index contributed by atoms with van der Waals surface area (Å²) >= 11 is 1.57. The monoisotopic (exact) mass is 446 g/mol. The molecular formula is C26H26N2O3S. The van der Waals surface area contributed by atoms with Gasteiger partial charge in [0.05, 0.1) is 19.0 Å². The summed E-state index contributed by atoms with van der Waals surface area (Å²) in [5.74, 6) is 0.657. The highest BCUT2D eigenvalue weighted by atomic mass is 32.1. The van der Waals surface area contributed by atoms with E-state index in [0.29, 0.717) is 18.7 Å². The molecule has 2 aliphatic rings. The molecule has 2 unspecified atom stereocenters. The van der Waals surface area contributed by atoms with E-state index in [9.17, 15) is 9.59 Å². The molecule has 32 heavy (non-hydrogen) atoms. The van der Waals surface area contributed by atoms with Crippen molar-refractivity contribution in [3.8, 4) is 5.75 Å². The molecule has 1 N–H and O–H groups in total. The van der Waals surface area contributed by atoms with E-state index in [1.165, 1.54) is 11.1 Å². The number of carbonyl (C=O) groups excluding carboxylic acids is 2. The van der Waals surface area contributed by atoms with Crippen LogP contribution in [-0.2, 0) is 29.0 Å². The van der Waals surface area contributed by atoms with Crippen molar-refractivity contribution in [3.05, 3.63) is 81.5 Å². The lowest BCUT2D eigenvalue weighted by Crippen LogP contribution is -2.41. The number of ether oxygens (including phenoxy) is 1. The first kappa shape index (κ1) is 20.8. The molecule has 5 nitrogen and oxygen atoms in total. The zero-order chi connectivity index (χ0) is 22.1. The van der Waals surface area contributed by atoms with Gasteiger partial charge in [-0.2, -0.15) is 0 Å². The van der Waals surface area contributed by atoms with Crippen LogP contribution in [0.5, 0.6) is 5.75 Å². The van der Waals surface area contributed by atoms with Gasteiger partial charge in [0.25, 0.3) is 5.91 Å². The average Bonchev–Trinajstić information content (AvgIpc) is 3.27. The first-order chi connectivity index (χ1) is 15.6. The molecule has 3 aromatic rings. The molecule has 0 saturated carbocycles. The van der Waals surface area contributed by atoms with E-state index in [2.05, 4.69) is 29.6 Å². The van der Waals surface area contributed by atoms with Gasteiger partial charge in [0.15, 0.2) is 6.10 Å². The number of aryl methyl sites for hydroxylation is 1. The molecule has 0 spiro atoms. The fraction of sp³-hybridized carbons (Fsp3) is 0.308. The number of thiophene rings is 1. The molecule has 2 amide bonds.